The van der Waals surface area contributed by atoms with E-state index < -0.39 is 16.1 Å². The number of rotatable bonds is 2. The van der Waals surface area contributed by atoms with Crippen LogP contribution < -0.4 is 30.0 Å². The van der Waals surface area contributed by atoms with Crippen LogP contribution in [0.1, 0.15) is 45.5 Å². The van der Waals surface area contributed by atoms with E-state index in [0.29, 0.717) is 3.63 Å². The van der Waals surface area contributed by atoms with Gasteiger partial charge in [0.05, 0.1) is 14.3 Å². The molecule has 0 saturated heterocycles. The van der Waals surface area contributed by atoms with Crippen LogP contribution in [0.15, 0.2) is 70.4 Å². The predicted octanol–water partition coefficient (Wildman–Crippen LogP) is 1.86. The second-order valence-electron chi connectivity index (χ2n) is 11.4. The molecule has 3 heterocycles. The van der Waals surface area contributed by atoms with E-state index in [1.807, 2.05) is 6.26 Å². The third-order valence-corrected chi connectivity index (χ3v) is 15.8. The van der Waals surface area contributed by atoms with Gasteiger partial charge in [-0.3, -0.25) is 0 Å². The minimum Gasteiger partial charge on any atom is -1.00 e. The van der Waals surface area contributed by atoms with Crippen molar-refractivity contribution in [1.29, 1.82) is 0 Å². The zero-order chi connectivity index (χ0) is 23.7. The Morgan fingerprint density at radius 3 is 2.11 bits per heavy atom. The number of halogens is 2. The van der Waals surface area contributed by atoms with Gasteiger partial charge in [0, 0.05) is 11.1 Å². The zero-order valence-electron chi connectivity index (χ0n) is 21.6. The second kappa shape index (κ2) is 10.1. The molecule has 0 spiro atoms. The van der Waals surface area contributed by atoms with Crippen LogP contribution in [0, 0.1) is 0 Å². The van der Waals surface area contributed by atoms with Crippen LogP contribution in [-0.4, -0.2) is 16.1 Å². The standard InChI is InChI=1S/C19H21Si.C10H12OSi.2ClH.Zr/c1-14-12-16-6-5-7-18(19(16)13-14)15-8-10-17(11-9-15)20(2,3)4;1-6-9-7-4-5-11-8(7)10(6)12(9,2)3;;;/h5-13H,1-4H3;4-5,9H,1-3H3;2*1H;/q;;;;+2/p-2. The maximum atomic E-state index is 5.51. The van der Waals surface area contributed by atoms with Crippen molar-refractivity contribution in [2.45, 2.75) is 55.7 Å². The van der Waals surface area contributed by atoms with Gasteiger partial charge >= 0.3 is 145 Å². The number of fused-ring (bicyclic) bond motifs is 1. The number of benzene rings is 2. The van der Waals surface area contributed by atoms with Crippen molar-refractivity contribution in [3.63, 3.8) is 0 Å². The maximum Gasteiger partial charge on any atom is -1.00 e. The van der Waals surface area contributed by atoms with Crippen LogP contribution in [0.2, 0.25) is 32.7 Å². The van der Waals surface area contributed by atoms with Crippen LogP contribution >= 0.6 is 0 Å². The van der Waals surface area contributed by atoms with E-state index >= 15 is 0 Å². The number of furan rings is 1. The van der Waals surface area contributed by atoms with Gasteiger partial charge in [-0.25, -0.2) is 0 Å². The van der Waals surface area contributed by atoms with Gasteiger partial charge in [0.2, 0.25) is 0 Å². The van der Waals surface area contributed by atoms with Gasteiger partial charge in [-0.05, 0) is 18.2 Å². The fraction of sp³-hybridized carbons (Fsp3) is 0.310. The molecule has 1 aromatic heterocycles. The third kappa shape index (κ3) is 4.64. The Balaban J connectivity index is 0.000000208. The van der Waals surface area contributed by atoms with Gasteiger partial charge in [0.15, 0.2) is 0 Å². The molecule has 0 radical (unpaired) electrons. The molecule has 4 aliphatic rings. The van der Waals surface area contributed by atoms with Crippen molar-refractivity contribution < 1.29 is 54.0 Å². The molecule has 2 aliphatic heterocycles. The Morgan fingerprint density at radius 1 is 0.886 bits per heavy atom. The second-order valence-corrected chi connectivity index (χ2v) is 22.4. The van der Waals surface area contributed by atoms with E-state index in [1.54, 1.807) is 35.5 Å². The van der Waals surface area contributed by atoms with E-state index in [4.69, 9.17) is 4.42 Å². The van der Waals surface area contributed by atoms with Gasteiger partial charge in [-0.2, -0.15) is 0 Å². The molecule has 181 valence electrons. The Kier molecular flexibility index (Phi) is 8.27. The molecule has 6 heteroatoms. The topological polar surface area (TPSA) is 13.1 Å². The SMILES string of the molecule is CC1=C2c3occc3C1[Si]2(C)C.CC1=Cc2c(-c3ccc([Si](C)(C)C)cc3)cccc2[CH]1[Zr+2].[Cl-].[Cl-]. The van der Waals surface area contributed by atoms with E-state index in [2.05, 4.69) is 101 Å². The Bertz CT molecular complexity index is 1310. The normalized spacial score (nSPS) is 20.4. The fourth-order valence-electron chi connectivity index (χ4n) is 6.06. The van der Waals surface area contributed by atoms with Gasteiger partial charge in [-0.1, -0.05) is 18.7 Å². The fourth-order valence-corrected chi connectivity index (χ4v) is 12.3. The first-order valence-electron chi connectivity index (χ1n) is 11.9. The monoisotopic (exact) mass is 613 g/mol. The molecule has 2 aromatic carbocycles. The van der Waals surface area contributed by atoms with E-state index in [0.717, 1.165) is 5.54 Å². The van der Waals surface area contributed by atoms with Gasteiger partial charge < -0.3 is 29.2 Å². The Morgan fingerprint density at radius 2 is 1.54 bits per heavy atom. The molecule has 0 N–H and O–H groups in total. The summed E-state index contributed by atoms with van der Waals surface area (Å²) in [5, 5.41) is 3.12. The summed E-state index contributed by atoms with van der Waals surface area (Å²) in [7, 11) is -2.28. The molecule has 2 aliphatic carbocycles. The predicted molar refractivity (Wildman–Crippen MR) is 143 cm³/mol. The van der Waals surface area contributed by atoms with Crippen LogP contribution in [0.3, 0.4) is 0 Å². The first kappa shape index (κ1) is 28.7. The summed E-state index contributed by atoms with van der Waals surface area (Å²) >= 11 is 1.59. The molecule has 2 bridgehead atoms. The van der Waals surface area contributed by atoms with Crippen molar-refractivity contribution in [3.8, 4) is 11.1 Å². The summed E-state index contributed by atoms with van der Waals surface area (Å²) in [4.78, 5) is 0. The van der Waals surface area contributed by atoms with Crippen molar-refractivity contribution in [2.24, 2.45) is 0 Å². The quantitative estimate of drug-likeness (QED) is 0.402. The molecule has 35 heavy (non-hydrogen) atoms. The largest absolute Gasteiger partial charge is 1.00 e. The summed E-state index contributed by atoms with van der Waals surface area (Å²) in [6, 6.07) is 18.2. The summed E-state index contributed by atoms with van der Waals surface area (Å²) in [5.41, 5.74) is 11.0. The van der Waals surface area contributed by atoms with Gasteiger partial charge in [-0.15, -0.1) is 0 Å². The molecule has 0 fully saturated rings. The molecule has 1 nitrogen and oxygen atoms in total. The van der Waals surface area contributed by atoms with Crippen LogP contribution in [0.5, 0.6) is 0 Å². The molecule has 2 atom stereocenters. The summed E-state index contributed by atoms with van der Waals surface area (Å²) in [6.45, 7) is 16.6. The number of hydrogen-bond donors (Lipinski definition) is 0. The van der Waals surface area contributed by atoms with Crippen LogP contribution in [-0.2, 0) is 24.7 Å². The summed E-state index contributed by atoms with van der Waals surface area (Å²) in [5.74, 6) is 1.22. The van der Waals surface area contributed by atoms with Crippen molar-refractivity contribution in [1.82, 2.24) is 0 Å². The minimum absolute atomic E-state index is 0. The zero-order valence-corrected chi connectivity index (χ0v) is 27.6. The maximum absolute atomic E-state index is 5.51. The molecular weight excluding hydrogens is 583 g/mol. The summed E-state index contributed by atoms with van der Waals surface area (Å²) < 4.78 is 6.16. The average molecular weight is 616 g/mol. The molecule has 0 amide bonds. The third-order valence-electron chi connectivity index (χ3n) is 7.77. The number of allylic oxidation sites excluding steroid dienone is 2. The molecule has 2 unspecified atom stereocenters. The van der Waals surface area contributed by atoms with E-state index in [-0.39, 0.29) is 24.8 Å². The minimum atomic E-state index is -1.21. The van der Waals surface area contributed by atoms with Crippen LogP contribution in [0.4, 0.5) is 0 Å². The molecular formula is C29H33Cl2OSi2Zr. The van der Waals surface area contributed by atoms with Crippen LogP contribution in [0.25, 0.3) is 22.4 Å². The Hall–Kier alpha value is -0.903. The molecule has 0 saturated carbocycles. The van der Waals surface area contributed by atoms with Crippen molar-refractivity contribution >= 4 is 32.6 Å². The first-order chi connectivity index (χ1) is 15.5. The summed E-state index contributed by atoms with van der Waals surface area (Å²) in [6.07, 6.45) is 4.21. The Labute approximate surface area is 240 Å². The van der Waals surface area contributed by atoms with Crippen molar-refractivity contribution in [2.75, 3.05) is 0 Å². The molecule has 3 aromatic rings. The van der Waals surface area contributed by atoms with E-state index in [1.165, 1.54) is 44.3 Å². The van der Waals surface area contributed by atoms with E-state index in [9.17, 15) is 0 Å². The van der Waals surface area contributed by atoms with Gasteiger partial charge in [0.1, 0.15) is 5.76 Å². The smallest absolute Gasteiger partial charge is 1.00 e. The van der Waals surface area contributed by atoms with Crippen molar-refractivity contribution in [3.05, 3.63) is 88.4 Å². The molecule has 7 rings (SSSR count). The average Bonchev–Trinajstić information content (AvgIpc) is 3.45. The number of hydrogen-bond acceptors (Lipinski definition) is 1. The first-order valence-corrected chi connectivity index (χ1v) is 19.9. The van der Waals surface area contributed by atoms with Gasteiger partial charge in [0.25, 0.3) is 0 Å².